The highest BCUT2D eigenvalue weighted by atomic mass is 32.2. The molecule has 0 spiro atoms. The zero-order valence-electron chi connectivity index (χ0n) is 20.8. The van der Waals surface area contributed by atoms with Gasteiger partial charge in [-0.25, -0.2) is 4.39 Å². The fraction of sp³-hybridized carbons (Fsp3) is 0.179. The van der Waals surface area contributed by atoms with Crippen molar-refractivity contribution >= 4 is 40.6 Å². The van der Waals surface area contributed by atoms with E-state index >= 15 is 0 Å². The van der Waals surface area contributed by atoms with E-state index in [0.717, 1.165) is 16.7 Å². The standard InChI is InChI=1S/C28H23FN2O7S/c1-2-35-23-11-17(7-9-21(23)36-15-18-5-3-4-6-20(18)29)12-25-27(33)31(28(34)39-25)14-26(32)30-19-8-10-22-24(13-19)38-16-37-22/h3-13H,2,14-16H2,1H3,(H,30,32)/b25-12+. The minimum atomic E-state index is -0.580. The SMILES string of the molecule is CCOc1cc(/C=C2/SC(=O)N(CC(=O)Nc3ccc4c(c3)OCO4)C2=O)ccc1OCc1ccccc1F. The maximum Gasteiger partial charge on any atom is 0.294 e. The lowest BCUT2D eigenvalue weighted by Gasteiger charge is -2.13. The predicted octanol–water partition coefficient (Wildman–Crippen LogP) is 5.21. The van der Waals surface area contributed by atoms with Crippen molar-refractivity contribution < 1.29 is 37.7 Å². The van der Waals surface area contributed by atoms with Crippen molar-refractivity contribution in [2.24, 2.45) is 0 Å². The summed E-state index contributed by atoms with van der Waals surface area (Å²) in [6.07, 6.45) is 1.55. The summed E-state index contributed by atoms with van der Waals surface area (Å²) in [4.78, 5) is 39.1. The van der Waals surface area contributed by atoms with Crippen LogP contribution in [-0.2, 0) is 16.2 Å². The first-order valence-corrected chi connectivity index (χ1v) is 12.8. The van der Waals surface area contributed by atoms with Gasteiger partial charge < -0.3 is 24.3 Å². The average Bonchev–Trinajstić information content (AvgIpc) is 3.49. The van der Waals surface area contributed by atoms with Crippen molar-refractivity contribution in [3.05, 3.63) is 82.5 Å². The van der Waals surface area contributed by atoms with Gasteiger partial charge in [0.25, 0.3) is 11.1 Å². The number of hydrogen-bond donors (Lipinski definition) is 1. The van der Waals surface area contributed by atoms with Crippen LogP contribution in [0.1, 0.15) is 18.1 Å². The molecular weight excluding hydrogens is 527 g/mol. The first kappa shape index (κ1) is 26.1. The van der Waals surface area contributed by atoms with Crippen LogP contribution in [0.4, 0.5) is 14.9 Å². The zero-order valence-corrected chi connectivity index (χ0v) is 21.6. The minimum absolute atomic E-state index is 0.0132. The molecule has 3 aromatic carbocycles. The molecule has 0 saturated carbocycles. The highest BCUT2D eigenvalue weighted by Gasteiger charge is 2.36. The van der Waals surface area contributed by atoms with Crippen LogP contribution in [0.2, 0.25) is 0 Å². The molecule has 2 aliphatic rings. The summed E-state index contributed by atoms with van der Waals surface area (Å²) in [5.41, 5.74) is 1.44. The third kappa shape index (κ3) is 5.99. The molecule has 11 heteroatoms. The van der Waals surface area contributed by atoms with Gasteiger partial charge >= 0.3 is 0 Å². The largest absolute Gasteiger partial charge is 0.490 e. The number of imide groups is 1. The Morgan fingerprint density at radius 3 is 2.69 bits per heavy atom. The Hall–Kier alpha value is -4.51. The molecule has 1 fully saturated rings. The van der Waals surface area contributed by atoms with E-state index in [2.05, 4.69) is 5.32 Å². The number of benzene rings is 3. The van der Waals surface area contributed by atoms with Gasteiger partial charge in [0, 0.05) is 17.3 Å². The number of anilines is 1. The van der Waals surface area contributed by atoms with Crippen molar-refractivity contribution in [3.63, 3.8) is 0 Å². The molecule has 0 radical (unpaired) electrons. The first-order chi connectivity index (χ1) is 18.9. The number of fused-ring (bicyclic) bond motifs is 1. The number of carbonyl (C=O) groups excluding carboxylic acids is 3. The van der Waals surface area contributed by atoms with E-state index in [-0.39, 0.29) is 24.1 Å². The number of halogens is 1. The van der Waals surface area contributed by atoms with Crippen LogP contribution in [0, 0.1) is 5.82 Å². The molecule has 0 aromatic heterocycles. The Kier molecular flexibility index (Phi) is 7.69. The van der Waals surface area contributed by atoms with E-state index in [1.54, 1.807) is 60.7 Å². The number of amides is 3. The summed E-state index contributed by atoms with van der Waals surface area (Å²) >= 11 is 0.742. The predicted molar refractivity (Wildman–Crippen MR) is 142 cm³/mol. The Bertz CT molecular complexity index is 1480. The molecule has 0 unspecified atom stereocenters. The monoisotopic (exact) mass is 550 g/mol. The fourth-order valence-electron chi connectivity index (χ4n) is 3.88. The summed E-state index contributed by atoms with van der Waals surface area (Å²) in [7, 11) is 0. The van der Waals surface area contributed by atoms with Crippen LogP contribution in [0.5, 0.6) is 23.0 Å². The number of nitrogens with zero attached hydrogens (tertiary/aromatic N) is 1. The Labute approximate surface area is 227 Å². The van der Waals surface area contributed by atoms with Crippen LogP contribution in [0.3, 0.4) is 0 Å². The minimum Gasteiger partial charge on any atom is -0.490 e. The average molecular weight is 551 g/mol. The van der Waals surface area contributed by atoms with Gasteiger partial charge in [-0.2, -0.15) is 0 Å². The lowest BCUT2D eigenvalue weighted by atomic mass is 10.1. The smallest absolute Gasteiger partial charge is 0.294 e. The molecule has 0 bridgehead atoms. The highest BCUT2D eigenvalue weighted by molar-refractivity contribution is 8.18. The van der Waals surface area contributed by atoms with E-state index in [0.29, 0.717) is 46.4 Å². The number of nitrogens with one attached hydrogen (secondary N) is 1. The van der Waals surface area contributed by atoms with Gasteiger partial charge in [0.05, 0.1) is 11.5 Å². The lowest BCUT2D eigenvalue weighted by Crippen LogP contribution is -2.36. The lowest BCUT2D eigenvalue weighted by molar-refractivity contribution is -0.127. The van der Waals surface area contributed by atoms with E-state index in [9.17, 15) is 18.8 Å². The first-order valence-electron chi connectivity index (χ1n) is 12.0. The van der Waals surface area contributed by atoms with E-state index < -0.39 is 23.6 Å². The molecule has 9 nitrogen and oxygen atoms in total. The van der Waals surface area contributed by atoms with Gasteiger partial charge in [0.15, 0.2) is 23.0 Å². The molecule has 3 aromatic rings. The van der Waals surface area contributed by atoms with Gasteiger partial charge in [-0.15, -0.1) is 0 Å². The van der Waals surface area contributed by atoms with Gasteiger partial charge in [-0.1, -0.05) is 24.3 Å². The maximum absolute atomic E-state index is 13.9. The molecule has 39 heavy (non-hydrogen) atoms. The van der Waals surface area contributed by atoms with Crippen LogP contribution in [0.25, 0.3) is 6.08 Å². The van der Waals surface area contributed by atoms with Crippen molar-refractivity contribution in [1.82, 2.24) is 4.90 Å². The quantitative estimate of drug-likeness (QED) is 0.363. The van der Waals surface area contributed by atoms with E-state index in [1.807, 2.05) is 6.92 Å². The van der Waals surface area contributed by atoms with Crippen molar-refractivity contribution in [2.75, 3.05) is 25.3 Å². The molecule has 200 valence electrons. The van der Waals surface area contributed by atoms with Gasteiger partial charge in [-0.3, -0.25) is 19.3 Å². The Balaban J connectivity index is 1.25. The Morgan fingerprint density at radius 2 is 1.87 bits per heavy atom. The summed E-state index contributed by atoms with van der Waals surface area (Å²) < 4.78 is 35.9. The van der Waals surface area contributed by atoms with Crippen LogP contribution < -0.4 is 24.3 Å². The molecule has 1 N–H and O–H groups in total. The second kappa shape index (κ2) is 11.5. The molecule has 2 aliphatic heterocycles. The molecule has 0 atom stereocenters. The number of hydrogen-bond acceptors (Lipinski definition) is 8. The van der Waals surface area contributed by atoms with Crippen LogP contribution in [0.15, 0.2) is 65.6 Å². The van der Waals surface area contributed by atoms with Crippen molar-refractivity contribution in [3.8, 4) is 23.0 Å². The molecule has 2 heterocycles. The second-order valence-electron chi connectivity index (χ2n) is 8.40. The summed E-state index contributed by atoms with van der Waals surface area (Å²) in [6.45, 7) is 1.84. The van der Waals surface area contributed by atoms with Crippen molar-refractivity contribution in [2.45, 2.75) is 13.5 Å². The summed E-state index contributed by atoms with van der Waals surface area (Å²) in [6, 6.07) is 16.2. The topological polar surface area (TPSA) is 103 Å². The zero-order chi connectivity index (χ0) is 27.4. The fourth-order valence-corrected chi connectivity index (χ4v) is 4.72. The molecule has 3 amide bonds. The molecular formula is C28H23FN2O7S. The molecule has 1 saturated heterocycles. The maximum atomic E-state index is 13.9. The highest BCUT2D eigenvalue weighted by Crippen LogP contribution is 2.36. The van der Waals surface area contributed by atoms with E-state index in [1.165, 1.54) is 6.07 Å². The van der Waals surface area contributed by atoms with Gasteiger partial charge in [0.1, 0.15) is 19.0 Å². The van der Waals surface area contributed by atoms with Gasteiger partial charge in [-0.05, 0) is 60.7 Å². The summed E-state index contributed by atoms with van der Waals surface area (Å²) in [5.74, 6) is 0.400. The number of carbonyl (C=O) groups is 3. The second-order valence-corrected chi connectivity index (χ2v) is 9.40. The van der Waals surface area contributed by atoms with Gasteiger partial charge in [0.2, 0.25) is 12.7 Å². The van der Waals surface area contributed by atoms with E-state index in [4.69, 9.17) is 18.9 Å². The number of rotatable bonds is 9. The normalized spacial score (nSPS) is 15.1. The summed E-state index contributed by atoms with van der Waals surface area (Å²) in [5, 5.41) is 2.10. The number of thioether (sulfide) groups is 1. The molecule has 0 aliphatic carbocycles. The van der Waals surface area contributed by atoms with Crippen LogP contribution in [-0.4, -0.2) is 41.9 Å². The number of ether oxygens (including phenoxy) is 4. The van der Waals surface area contributed by atoms with Crippen LogP contribution >= 0.6 is 11.8 Å². The third-order valence-corrected chi connectivity index (χ3v) is 6.65. The third-order valence-electron chi connectivity index (χ3n) is 5.74. The Morgan fingerprint density at radius 1 is 1.05 bits per heavy atom. The van der Waals surface area contributed by atoms with Crippen molar-refractivity contribution in [1.29, 1.82) is 0 Å². The molecule has 5 rings (SSSR count).